The van der Waals surface area contributed by atoms with Gasteiger partial charge in [-0.3, -0.25) is 4.79 Å². The summed E-state index contributed by atoms with van der Waals surface area (Å²) in [6.07, 6.45) is -0.630. The van der Waals surface area contributed by atoms with Crippen LogP contribution in [0, 0.1) is 0 Å². The highest BCUT2D eigenvalue weighted by atomic mass is 16.5. The third kappa shape index (κ3) is 4.60. The van der Waals surface area contributed by atoms with E-state index < -0.39 is 12.1 Å². The Morgan fingerprint density at radius 2 is 1.62 bits per heavy atom. The first kappa shape index (κ1) is 17.5. The molecule has 5 nitrogen and oxygen atoms in total. The monoisotopic (exact) mass is 348 g/mol. The van der Waals surface area contributed by atoms with Crippen LogP contribution in [0.25, 0.3) is 10.8 Å². The zero-order chi connectivity index (χ0) is 18.4. The van der Waals surface area contributed by atoms with Crippen molar-refractivity contribution in [3.05, 3.63) is 78.4 Å². The normalized spacial score (nSPS) is 11.6. The number of hydrogen-bond acceptors (Lipinski definition) is 3. The maximum atomic E-state index is 12.3. The summed E-state index contributed by atoms with van der Waals surface area (Å²) in [5.74, 6) is -0.308. The van der Waals surface area contributed by atoms with E-state index >= 15 is 0 Å². The van der Waals surface area contributed by atoms with Gasteiger partial charge in [0.05, 0.1) is 0 Å². The van der Waals surface area contributed by atoms with Crippen LogP contribution in [-0.4, -0.2) is 18.0 Å². The Morgan fingerprint density at radius 1 is 0.923 bits per heavy atom. The molecule has 0 aliphatic rings. The van der Waals surface area contributed by atoms with Crippen LogP contribution in [0.4, 0.5) is 10.5 Å². The molecule has 0 aromatic heterocycles. The highest BCUT2D eigenvalue weighted by Gasteiger charge is 2.16. The number of nitrogens with one attached hydrogen (secondary N) is 2. The van der Waals surface area contributed by atoms with Gasteiger partial charge in [0.2, 0.25) is 5.91 Å². The molecule has 3 rings (SSSR count). The zero-order valence-corrected chi connectivity index (χ0v) is 14.4. The molecule has 0 aliphatic heterocycles. The minimum atomic E-state index is -0.718. The lowest BCUT2D eigenvalue weighted by Crippen LogP contribution is -2.41. The molecule has 1 unspecified atom stereocenters. The fourth-order valence-electron chi connectivity index (χ4n) is 2.52. The minimum Gasteiger partial charge on any atom is -0.445 e. The van der Waals surface area contributed by atoms with Crippen LogP contribution < -0.4 is 10.6 Å². The number of carbonyl (C=O) groups is 2. The van der Waals surface area contributed by atoms with Gasteiger partial charge in [0, 0.05) is 5.69 Å². The summed E-state index contributed by atoms with van der Waals surface area (Å²) in [5, 5.41) is 7.47. The summed E-state index contributed by atoms with van der Waals surface area (Å²) in [6.45, 7) is 1.77. The number of benzene rings is 3. The topological polar surface area (TPSA) is 67.4 Å². The molecule has 3 aromatic rings. The molecule has 0 bridgehead atoms. The van der Waals surface area contributed by atoms with Gasteiger partial charge in [0.1, 0.15) is 12.6 Å². The lowest BCUT2D eigenvalue weighted by molar-refractivity contribution is -0.117. The Bertz CT molecular complexity index is 909. The second-order valence-corrected chi connectivity index (χ2v) is 5.98. The molecular weight excluding hydrogens is 328 g/mol. The van der Waals surface area contributed by atoms with Crippen LogP contribution in [0.3, 0.4) is 0 Å². The van der Waals surface area contributed by atoms with Gasteiger partial charge < -0.3 is 15.4 Å². The fraction of sp³-hybridized carbons (Fsp3) is 0.143. The van der Waals surface area contributed by atoms with Crippen molar-refractivity contribution < 1.29 is 14.3 Å². The molecule has 1 atom stereocenters. The van der Waals surface area contributed by atoms with Crippen molar-refractivity contribution in [3.8, 4) is 0 Å². The molecule has 2 N–H and O–H groups in total. The molecule has 0 radical (unpaired) electrons. The Balaban J connectivity index is 1.52. The fourth-order valence-corrected chi connectivity index (χ4v) is 2.52. The lowest BCUT2D eigenvalue weighted by Gasteiger charge is -2.14. The van der Waals surface area contributed by atoms with E-state index in [1.165, 1.54) is 0 Å². The molecule has 26 heavy (non-hydrogen) atoms. The Labute approximate surface area is 152 Å². The van der Waals surface area contributed by atoms with E-state index in [4.69, 9.17) is 4.74 Å². The van der Waals surface area contributed by atoms with Crippen molar-refractivity contribution in [3.63, 3.8) is 0 Å². The molecule has 0 saturated heterocycles. The van der Waals surface area contributed by atoms with Crippen LogP contribution in [-0.2, 0) is 16.1 Å². The smallest absolute Gasteiger partial charge is 0.408 e. The molecule has 3 aromatic carbocycles. The van der Waals surface area contributed by atoms with E-state index in [1.807, 2.05) is 72.8 Å². The van der Waals surface area contributed by atoms with Crippen molar-refractivity contribution in [1.82, 2.24) is 5.32 Å². The van der Waals surface area contributed by atoms with Crippen LogP contribution in [0.1, 0.15) is 12.5 Å². The molecule has 2 amide bonds. The van der Waals surface area contributed by atoms with Gasteiger partial charge >= 0.3 is 6.09 Å². The number of fused-ring (bicyclic) bond motifs is 1. The number of ether oxygens (including phenoxy) is 1. The lowest BCUT2D eigenvalue weighted by atomic mass is 10.1. The van der Waals surface area contributed by atoms with Crippen molar-refractivity contribution >= 4 is 28.5 Å². The third-order valence-corrected chi connectivity index (χ3v) is 3.96. The second kappa shape index (κ2) is 8.16. The number of anilines is 1. The minimum absolute atomic E-state index is 0.158. The maximum Gasteiger partial charge on any atom is 0.408 e. The van der Waals surface area contributed by atoms with Gasteiger partial charge in [0.15, 0.2) is 0 Å². The van der Waals surface area contributed by atoms with Gasteiger partial charge in [-0.15, -0.1) is 0 Å². The summed E-state index contributed by atoms with van der Waals surface area (Å²) in [6, 6.07) is 22.2. The standard InChI is InChI=1S/C21H20N2O3/c1-15(22-21(25)26-14-16-7-3-2-4-8-16)20(24)23-19-12-11-17-9-5-6-10-18(17)13-19/h2-13,15H,14H2,1H3,(H,22,25)(H,23,24). The molecule has 0 heterocycles. The quantitative estimate of drug-likeness (QED) is 0.730. The van der Waals surface area contributed by atoms with Crippen molar-refractivity contribution in [2.75, 3.05) is 5.32 Å². The number of amides is 2. The largest absolute Gasteiger partial charge is 0.445 e. The van der Waals surface area contributed by atoms with Gasteiger partial charge in [-0.25, -0.2) is 4.79 Å². The molecule has 0 aliphatic carbocycles. The van der Waals surface area contributed by atoms with Crippen molar-refractivity contribution in [2.45, 2.75) is 19.6 Å². The molecule has 0 spiro atoms. The van der Waals surface area contributed by atoms with E-state index in [2.05, 4.69) is 10.6 Å². The Kier molecular flexibility index (Phi) is 5.49. The maximum absolute atomic E-state index is 12.3. The second-order valence-electron chi connectivity index (χ2n) is 5.98. The van der Waals surface area contributed by atoms with Crippen LogP contribution >= 0.6 is 0 Å². The summed E-state index contributed by atoms with van der Waals surface area (Å²) < 4.78 is 5.13. The number of alkyl carbamates (subject to hydrolysis) is 1. The average Bonchev–Trinajstić information content (AvgIpc) is 2.67. The van der Waals surface area contributed by atoms with E-state index in [1.54, 1.807) is 6.92 Å². The third-order valence-electron chi connectivity index (χ3n) is 3.96. The first-order chi connectivity index (χ1) is 12.6. The van der Waals surface area contributed by atoms with Crippen molar-refractivity contribution in [1.29, 1.82) is 0 Å². The highest BCUT2D eigenvalue weighted by Crippen LogP contribution is 2.18. The predicted molar refractivity (Wildman–Crippen MR) is 102 cm³/mol. The SMILES string of the molecule is CC(NC(=O)OCc1ccccc1)C(=O)Nc1ccc2ccccc2c1. The first-order valence-electron chi connectivity index (χ1n) is 8.39. The zero-order valence-electron chi connectivity index (χ0n) is 14.4. The summed E-state index contributed by atoms with van der Waals surface area (Å²) in [7, 11) is 0. The molecule has 5 heteroatoms. The van der Waals surface area contributed by atoms with Crippen LogP contribution in [0.5, 0.6) is 0 Å². The van der Waals surface area contributed by atoms with E-state index in [0.717, 1.165) is 16.3 Å². The average molecular weight is 348 g/mol. The van der Waals surface area contributed by atoms with E-state index in [-0.39, 0.29) is 12.5 Å². The Hall–Kier alpha value is -3.34. The van der Waals surface area contributed by atoms with Crippen molar-refractivity contribution in [2.24, 2.45) is 0 Å². The van der Waals surface area contributed by atoms with Crippen LogP contribution in [0.2, 0.25) is 0 Å². The molecule has 0 saturated carbocycles. The summed E-state index contributed by atoms with van der Waals surface area (Å²) in [5.41, 5.74) is 1.57. The van der Waals surface area contributed by atoms with Gasteiger partial charge in [-0.05, 0) is 35.4 Å². The highest BCUT2D eigenvalue weighted by molar-refractivity contribution is 5.98. The number of hydrogen-bond donors (Lipinski definition) is 2. The molecular formula is C21H20N2O3. The molecule has 132 valence electrons. The number of carbonyl (C=O) groups excluding carboxylic acids is 2. The predicted octanol–water partition coefficient (Wildman–Crippen LogP) is 4.09. The summed E-state index contributed by atoms with van der Waals surface area (Å²) >= 11 is 0. The molecule has 0 fully saturated rings. The van der Waals surface area contributed by atoms with Gasteiger partial charge in [-0.2, -0.15) is 0 Å². The van der Waals surface area contributed by atoms with Gasteiger partial charge in [0.25, 0.3) is 0 Å². The van der Waals surface area contributed by atoms with E-state index in [0.29, 0.717) is 5.69 Å². The van der Waals surface area contributed by atoms with E-state index in [9.17, 15) is 9.59 Å². The van der Waals surface area contributed by atoms with Gasteiger partial charge in [-0.1, -0.05) is 60.7 Å². The first-order valence-corrected chi connectivity index (χ1v) is 8.39. The summed E-state index contributed by atoms with van der Waals surface area (Å²) in [4.78, 5) is 24.1. The Morgan fingerprint density at radius 3 is 2.38 bits per heavy atom. The number of rotatable bonds is 5. The van der Waals surface area contributed by atoms with Crippen LogP contribution in [0.15, 0.2) is 72.8 Å².